The summed E-state index contributed by atoms with van der Waals surface area (Å²) in [5.41, 5.74) is 4.40. The number of benzene rings is 3. The van der Waals surface area contributed by atoms with E-state index >= 15 is 0 Å². The third-order valence-electron chi connectivity index (χ3n) is 7.23. The van der Waals surface area contributed by atoms with Crippen molar-refractivity contribution in [3.8, 4) is 17.2 Å². The van der Waals surface area contributed by atoms with Crippen molar-refractivity contribution in [1.82, 2.24) is 14.9 Å². The first kappa shape index (κ1) is 27.1. The van der Waals surface area contributed by atoms with Gasteiger partial charge in [0.1, 0.15) is 12.4 Å². The summed E-state index contributed by atoms with van der Waals surface area (Å²) in [5, 5.41) is 2.96. The molecule has 0 aliphatic carbocycles. The van der Waals surface area contributed by atoms with Crippen molar-refractivity contribution in [3.63, 3.8) is 0 Å². The van der Waals surface area contributed by atoms with Crippen LogP contribution in [0.4, 0.5) is 5.69 Å². The first-order valence-corrected chi connectivity index (χ1v) is 13.4. The fourth-order valence-electron chi connectivity index (χ4n) is 5.27. The highest BCUT2D eigenvalue weighted by Gasteiger charge is 2.24. The van der Waals surface area contributed by atoms with Crippen molar-refractivity contribution < 1.29 is 23.8 Å². The molecule has 2 heterocycles. The molecule has 208 valence electrons. The molecule has 0 spiro atoms. The van der Waals surface area contributed by atoms with E-state index in [1.54, 1.807) is 12.1 Å². The van der Waals surface area contributed by atoms with Crippen LogP contribution in [0.1, 0.15) is 34.6 Å². The Morgan fingerprint density at radius 1 is 0.950 bits per heavy atom. The predicted molar refractivity (Wildman–Crippen MR) is 154 cm³/mol. The summed E-state index contributed by atoms with van der Waals surface area (Å²) >= 11 is 0. The number of aromatic nitrogens is 2. The average molecular weight is 543 g/mol. The Balaban J connectivity index is 1.27. The average Bonchev–Trinajstić information content (AvgIpc) is 3.34. The Hall–Kier alpha value is -4.53. The number of anilines is 1. The van der Waals surface area contributed by atoms with E-state index in [9.17, 15) is 9.59 Å². The van der Waals surface area contributed by atoms with Crippen LogP contribution in [0.5, 0.6) is 17.2 Å². The molecule has 3 aromatic carbocycles. The second-order valence-corrected chi connectivity index (χ2v) is 9.65. The standard InChI is InChI=1S/C31H34N4O5/c1-38-26-18-22(19-27(39-2)30(26)40-3)31(37)32-16-8-15-28-33-23-12-5-7-14-25(23)35(28)20-29(36)34-17-9-11-21-10-4-6-13-24(21)34/h4-7,10,12-14,18-19H,8-9,11,15-17,20H2,1-3H3,(H,32,37). The molecule has 1 aromatic heterocycles. The smallest absolute Gasteiger partial charge is 0.251 e. The van der Waals surface area contributed by atoms with Gasteiger partial charge in [-0.25, -0.2) is 4.98 Å². The largest absolute Gasteiger partial charge is 0.493 e. The summed E-state index contributed by atoms with van der Waals surface area (Å²) in [4.78, 5) is 33.2. The van der Waals surface area contributed by atoms with Gasteiger partial charge in [0.25, 0.3) is 5.91 Å². The number of rotatable bonds is 10. The van der Waals surface area contributed by atoms with Crippen molar-refractivity contribution in [1.29, 1.82) is 0 Å². The van der Waals surface area contributed by atoms with Gasteiger partial charge in [-0.05, 0) is 55.2 Å². The van der Waals surface area contributed by atoms with E-state index in [0.717, 1.165) is 35.4 Å². The Kier molecular flexibility index (Phi) is 8.19. The summed E-state index contributed by atoms with van der Waals surface area (Å²) < 4.78 is 18.1. The second-order valence-electron chi connectivity index (χ2n) is 9.65. The van der Waals surface area contributed by atoms with Crippen LogP contribution in [-0.4, -0.2) is 55.8 Å². The fourth-order valence-corrected chi connectivity index (χ4v) is 5.27. The minimum Gasteiger partial charge on any atom is -0.493 e. The minimum atomic E-state index is -0.244. The summed E-state index contributed by atoms with van der Waals surface area (Å²) in [7, 11) is 4.55. The zero-order valence-electron chi connectivity index (χ0n) is 23.1. The summed E-state index contributed by atoms with van der Waals surface area (Å²) in [5.74, 6) is 1.90. The third-order valence-corrected chi connectivity index (χ3v) is 7.23. The van der Waals surface area contributed by atoms with Gasteiger partial charge in [-0.1, -0.05) is 30.3 Å². The summed E-state index contributed by atoms with van der Waals surface area (Å²) in [6.07, 6.45) is 3.20. The van der Waals surface area contributed by atoms with Crippen LogP contribution < -0.4 is 24.4 Å². The quantitative estimate of drug-likeness (QED) is 0.299. The van der Waals surface area contributed by atoms with Crippen LogP contribution in [0.3, 0.4) is 0 Å². The number of carbonyl (C=O) groups is 2. The highest BCUT2D eigenvalue weighted by atomic mass is 16.5. The highest BCUT2D eigenvalue weighted by Crippen LogP contribution is 2.38. The molecule has 5 rings (SSSR count). The SMILES string of the molecule is COc1cc(C(=O)NCCCc2nc3ccccc3n2CC(=O)N2CCCc3ccccc32)cc(OC)c1OC. The maximum Gasteiger partial charge on any atom is 0.251 e. The van der Waals surface area contributed by atoms with Gasteiger partial charge in [0.05, 0.1) is 32.4 Å². The number of amides is 2. The number of methoxy groups -OCH3 is 3. The lowest BCUT2D eigenvalue weighted by atomic mass is 10.0. The molecule has 1 aliphatic heterocycles. The number of aryl methyl sites for hydroxylation is 2. The number of fused-ring (bicyclic) bond motifs is 2. The van der Waals surface area contributed by atoms with E-state index in [2.05, 4.69) is 11.4 Å². The summed E-state index contributed by atoms with van der Waals surface area (Å²) in [6.45, 7) is 1.36. The van der Waals surface area contributed by atoms with Crippen LogP contribution >= 0.6 is 0 Å². The van der Waals surface area contributed by atoms with Crippen molar-refractivity contribution in [3.05, 3.63) is 77.6 Å². The van der Waals surface area contributed by atoms with Crippen LogP contribution in [0.15, 0.2) is 60.7 Å². The molecule has 1 aliphatic rings. The Labute approximate surface area is 233 Å². The lowest BCUT2D eigenvalue weighted by molar-refractivity contribution is -0.119. The molecule has 0 bridgehead atoms. The normalized spacial score (nSPS) is 12.6. The van der Waals surface area contributed by atoms with Crippen LogP contribution in [0.2, 0.25) is 0 Å². The van der Waals surface area contributed by atoms with E-state index < -0.39 is 0 Å². The molecular weight excluding hydrogens is 508 g/mol. The lowest BCUT2D eigenvalue weighted by Crippen LogP contribution is -2.38. The number of carbonyl (C=O) groups excluding carboxylic acids is 2. The molecule has 4 aromatic rings. The van der Waals surface area contributed by atoms with Crippen molar-refractivity contribution in [2.24, 2.45) is 0 Å². The van der Waals surface area contributed by atoms with Crippen molar-refractivity contribution >= 4 is 28.5 Å². The maximum absolute atomic E-state index is 13.5. The molecular formula is C31H34N4O5. The Morgan fingerprint density at radius 2 is 1.68 bits per heavy atom. The monoisotopic (exact) mass is 542 g/mol. The van der Waals surface area contributed by atoms with E-state index in [0.29, 0.717) is 48.7 Å². The van der Waals surface area contributed by atoms with E-state index in [4.69, 9.17) is 19.2 Å². The van der Waals surface area contributed by atoms with Gasteiger partial charge in [0.2, 0.25) is 11.7 Å². The van der Waals surface area contributed by atoms with Gasteiger partial charge < -0.3 is 29.0 Å². The first-order valence-electron chi connectivity index (χ1n) is 13.4. The van der Waals surface area contributed by atoms with Crippen LogP contribution in [0.25, 0.3) is 11.0 Å². The fraction of sp³-hybridized carbons (Fsp3) is 0.323. The number of para-hydroxylation sites is 3. The van der Waals surface area contributed by atoms with E-state index in [-0.39, 0.29) is 18.4 Å². The van der Waals surface area contributed by atoms with Crippen molar-refractivity contribution in [2.75, 3.05) is 39.3 Å². The first-order chi connectivity index (χ1) is 19.5. The molecule has 9 nitrogen and oxygen atoms in total. The molecule has 0 fully saturated rings. The van der Waals surface area contributed by atoms with Gasteiger partial charge in [0, 0.05) is 30.8 Å². The molecule has 40 heavy (non-hydrogen) atoms. The molecule has 0 saturated carbocycles. The predicted octanol–water partition coefficient (Wildman–Crippen LogP) is 4.40. The number of nitrogens with zero attached hydrogens (tertiary/aromatic N) is 3. The van der Waals surface area contributed by atoms with Crippen molar-refractivity contribution in [2.45, 2.75) is 32.2 Å². The van der Waals surface area contributed by atoms with Gasteiger partial charge in [-0.3, -0.25) is 9.59 Å². The number of nitrogens with one attached hydrogen (secondary N) is 1. The second kappa shape index (κ2) is 12.1. The zero-order valence-corrected chi connectivity index (χ0v) is 23.1. The topological polar surface area (TPSA) is 94.9 Å². The summed E-state index contributed by atoms with van der Waals surface area (Å²) in [6, 6.07) is 19.2. The molecule has 9 heteroatoms. The van der Waals surface area contributed by atoms with Gasteiger partial charge >= 0.3 is 0 Å². The highest BCUT2D eigenvalue weighted by molar-refractivity contribution is 5.96. The van der Waals surface area contributed by atoms with Crippen LogP contribution in [-0.2, 0) is 24.2 Å². The van der Waals surface area contributed by atoms with Gasteiger partial charge in [0.15, 0.2) is 11.5 Å². The Morgan fingerprint density at radius 3 is 2.42 bits per heavy atom. The molecule has 0 saturated heterocycles. The molecule has 2 amide bonds. The number of imidazole rings is 1. The number of hydrogen-bond acceptors (Lipinski definition) is 6. The molecule has 0 radical (unpaired) electrons. The van der Waals surface area contributed by atoms with E-state index in [1.807, 2.05) is 51.9 Å². The number of ether oxygens (including phenoxy) is 3. The van der Waals surface area contributed by atoms with Gasteiger partial charge in [-0.2, -0.15) is 0 Å². The maximum atomic E-state index is 13.5. The van der Waals surface area contributed by atoms with Gasteiger partial charge in [-0.15, -0.1) is 0 Å². The third kappa shape index (κ3) is 5.45. The molecule has 0 atom stereocenters. The molecule has 0 unspecified atom stereocenters. The Bertz CT molecular complexity index is 1500. The lowest BCUT2D eigenvalue weighted by Gasteiger charge is -2.29. The van der Waals surface area contributed by atoms with Crippen LogP contribution in [0, 0.1) is 0 Å². The zero-order chi connectivity index (χ0) is 28.1. The minimum absolute atomic E-state index is 0.0484. The molecule has 1 N–H and O–H groups in total. The number of hydrogen-bond donors (Lipinski definition) is 1. The van der Waals surface area contributed by atoms with E-state index in [1.165, 1.54) is 26.9 Å².